The molecule has 3 aliphatic rings. The number of aromatic nitrogens is 2. The number of carbonyl (C=O) groups excluding carboxylic acids is 1. The third kappa shape index (κ3) is 3.80. The van der Waals surface area contributed by atoms with E-state index in [0.29, 0.717) is 32.6 Å². The minimum absolute atomic E-state index is 0.0475. The number of amides is 1. The smallest absolute Gasteiger partial charge is 0.379 e. The molecule has 1 atom stereocenters. The van der Waals surface area contributed by atoms with E-state index in [-0.39, 0.29) is 11.9 Å². The number of rotatable bonds is 4. The lowest BCUT2D eigenvalue weighted by Crippen LogP contribution is -2.43. The molecule has 7 nitrogen and oxygen atoms in total. The monoisotopic (exact) mass is 399 g/mol. The first-order valence-corrected chi connectivity index (χ1v) is 9.62. The Labute approximate surface area is 161 Å². The van der Waals surface area contributed by atoms with Crippen molar-refractivity contribution < 1.29 is 22.7 Å². The molecule has 1 spiro atoms. The number of carbonyl (C=O) groups is 1. The molecule has 10 heteroatoms. The van der Waals surface area contributed by atoms with Crippen LogP contribution in [0.2, 0.25) is 0 Å². The van der Waals surface area contributed by atoms with Crippen molar-refractivity contribution >= 4 is 11.9 Å². The van der Waals surface area contributed by atoms with Crippen LogP contribution in [-0.4, -0.2) is 84.7 Å². The minimum Gasteiger partial charge on any atom is -0.379 e. The molecule has 4 rings (SSSR count). The van der Waals surface area contributed by atoms with Gasteiger partial charge in [-0.3, -0.25) is 9.69 Å². The molecule has 1 aromatic rings. The van der Waals surface area contributed by atoms with Crippen molar-refractivity contribution in [1.82, 2.24) is 19.8 Å². The van der Waals surface area contributed by atoms with Gasteiger partial charge in [-0.2, -0.15) is 13.2 Å². The molecule has 0 bridgehead atoms. The lowest BCUT2D eigenvalue weighted by molar-refractivity contribution is -0.141. The number of hydrogen-bond donors (Lipinski definition) is 0. The predicted molar refractivity (Wildman–Crippen MR) is 94.8 cm³/mol. The van der Waals surface area contributed by atoms with Crippen LogP contribution in [0.1, 0.15) is 18.5 Å². The zero-order valence-electron chi connectivity index (χ0n) is 15.6. The van der Waals surface area contributed by atoms with Crippen molar-refractivity contribution in [1.29, 1.82) is 0 Å². The summed E-state index contributed by atoms with van der Waals surface area (Å²) >= 11 is 0. The summed E-state index contributed by atoms with van der Waals surface area (Å²) in [5, 5.41) is 0. The highest BCUT2D eigenvalue weighted by Gasteiger charge is 2.51. The van der Waals surface area contributed by atoms with Crippen LogP contribution in [0.25, 0.3) is 0 Å². The van der Waals surface area contributed by atoms with E-state index in [1.807, 2.05) is 4.90 Å². The van der Waals surface area contributed by atoms with Crippen LogP contribution in [0, 0.1) is 5.41 Å². The summed E-state index contributed by atoms with van der Waals surface area (Å²) in [7, 11) is 0. The van der Waals surface area contributed by atoms with Gasteiger partial charge in [0.2, 0.25) is 11.9 Å². The van der Waals surface area contributed by atoms with Crippen molar-refractivity contribution in [2.24, 2.45) is 5.41 Å². The van der Waals surface area contributed by atoms with Gasteiger partial charge in [-0.15, -0.1) is 0 Å². The SMILES string of the molecule is O=C1N(CCN2CCOCC2)CCC12CCN(c1nccc(C(F)(F)F)n1)C2. The van der Waals surface area contributed by atoms with Gasteiger partial charge in [0.1, 0.15) is 5.69 Å². The number of ether oxygens (including phenoxy) is 1. The maximum atomic E-state index is 13.0. The summed E-state index contributed by atoms with van der Waals surface area (Å²) < 4.78 is 44.1. The third-order valence-corrected chi connectivity index (χ3v) is 5.96. The lowest BCUT2D eigenvalue weighted by atomic mass is 9.85. The molecule has 1 aromatic heterocycles. The van der Waals surface area contributed by atoms with Gasteiger partial charge in [-0.05, 0) is 18.9 Å². The summed E-state index contributed by atoms with van der Waals surface area (Å²) in [4.78, 5) is 26.6. The molecule has 4 heterocycles. The van der Waals surface area contributed by atoms with Crippen LogP contribution < -0.4 is 4.90 Å². The molecule has 0 saturated carbocycles. The third-order valence-electron chi connectivity index (χ3n) is 5.96. The Kier molecular flexibility index (Phi) is 5.17. The number of halogens is 3. The van der Waals surface area contributed by atoms with Crippen LogP contribution in [0.15, 0.2) is 12.3 Å². The summed E-state index contributed by atoms with van der Waals surface area (Å²) in [6, 6.07) is 0.865. The normalized spacial score (nSPS) is 26.6. The number of morpholine rings is 1. The minimum atomic E-state index is -4.51. The molecule has 3 saturated heterocycles. The van der Waals surface area contributed by atoms with Gasteiger partial charge in [-0.1, -0.05) is 0 Å². The second-order valence-corrected chi connectivity index (χ2v) is 7.69. The number of alkyl halides is 3. The summed E-state index contributed by atoms with van der Waals surface area (Å²) in [6.07, 6.45) is -2.03. The van der Waals surface area contributed by atoms with Gasteiger partial charge >= 0.3 is 6.18 Å². The van der Waals surface area contributed by atoms with E-state index in [0.717, 1.165) is 51.5 Å². The van der Waals surface area contributed by atoms with Crippen molar-refractivity contribution in [2.45, 2.75) is 19.0 Å². The summed E-state index contributed by atoms with van der Waals surface area (Å²) in [6.45, 7) is 6.29. The molecule has 28 heavy (non-hydrogen) atoms. The standard InChI is InChI=1S/C18H24F3N5O2/c19-18(20,21)14-1-4-22-16(23-14)26-6-3-17(13-26)2-5-25(15(17)27)8-7-24-9-11-28-12-10-24/h1,4H,2-3,5-13H2. The van der Waals surface area contributed by atoms with Gasteiger partial charge < -0.3 is 14.5 Å². The molecule has 1 unspecified atom stereocenters. The molecule has 0 N–H and O–H groups in total. The van der Waals surface area contributed by atoms with Gasteiger partial charge in [0, 0.05) is 52.0 Å². The Balaban J connectivity index is 1.38. The Bertz CT molecular complexity index is 725. The van der Waals surface area contributed by atoms with E-state index in [2.05, 4.69) is 14.9 Å². The number of hydrogen-bond acceptors (Lipinski definition) is 6. The molecule has 0 aromatic carbocycles. The maximum absolute atomic E-state index is 13.0. The number of nitrogens with zero attached hydrogens (tertiary/aromatic N) is 5. The highest BCUT2D eigenvalue weighted by molar-refractivity contribution is 5.86. The first kappa shape index (κ1) is 19.4. The first-order chi connectivity index (χ1) is 13.4. The molecule has 3 fully saturated rings. The quantitative estimate of drug-likeness (QED) is 0.760. The highest BCUT2D eigenvalue weighted by Crippen LogP contribution is 2.41. The zero-order chi connectivity index (χ0) is 19.8. The fourth-order valence-corrected chi connectivity index (χ4v) is 4.27. The van der Waals surface area contributed by atoms with Crippen LogP contribution >= 0.6 is 0 Å². The number of likely N-dealkylation sites (tertiary alicyclic amines) is 1. The average Bonchev–Trinajstić information content (AvgIpc) is 3.26. The topological polar surface area (TPSA) is 61.8 Å². The zero-order valence-corrected chi connectivity index (χ0v) is 15.6. The Hall–Kier alpha value is -1.94. The summed E-state index contributed by atoms with van der Waals surface area (Å²) in [5.41, 5.74) is -1.48. The molecular weight excluding hydrogens is 375 g/mol. The fraction of sp³-hybridized carbons (Fsp3) is 0.722. The first-order valence-electron chi connectivity index (χ1n) is 9.62. The van der Waals surface area contributed by atoms with E-state index in [9.17, 15) is 18.0 Å². The second kappa shape index (κ2) is 7.47. The molecule has 3 aliphatic heterocycles. The van der Waals surface area contributed by atoms with Crippen LogP contribution in [-0.2, 0) is 15.7 Å². The Morgan fingerprint density at radius 3 is 2.61 bits per heavy atom. The molecule has 1 amide bonds. The van der Waals surface area contributed by atoms with Gasteiger partial charge in [0.05, 0.1) is 18.6 Å². The van der Waals surface area contributed by atoms with Crippen LogP contribution in [0.5, 0.6) is 0 Å². The van der Waals surface area contributed by atoms with Gasteiger partial charge in [0.25, 0.3) is 0 Å². The van der Waals surface area contributed by atoms with Gasteiger partial charge in [0.15, 0.2) is 0 Å². The Morgan fingerprint density at radius 1 is 1.11 bits per heavy atom. The fourth-order valence-electron chi connectivity index (χ4n) is 4.27. The van der Waals surface area contributed by atoms with E-state index < -0.39 is 17.3 Å². The van der Waals surface area contributed by atoms with E-state index in [1.165, 1.54) is 0 Å². The van der Waals surface area contributed by atoms with E-state index in [4.69, 9.17) is 4.74 Å². The lowest BCUT2D eigenvalue weighted by Gasteiger charge is -2.29. The molecule has 154 valence electrons. The largest absolute Gasteiger partial charge is 0.433 e. The second-order valence-electron chi connectivity index (χ2n) is 7.69. The van der Waals surface area contributed by atoms with E-state index >= 15 is 0 Å². The average molecular weight is 399 g/mol. The van der Waals surface area contributed by atoms with Crippen molar-refractivity contribution in [3.8, 4) is 0 Å². The highest BCUT2D eigenvalue weighted by atomic mass is 19.4. The van der Waals surface area contributed by atoms with Gasteiger partial charge in [-0.25, -0.2) is 9.97 Å². The Morgan fingerprint density at radius 2 is 1.86 bits per heavy atom. The maximum Gasteiger partial charge on any atom is 0.433 e. The molecule has 0 radical (unpaired) electrons. The molecular formula is C18H24F3N5O2. The molecule has 0 aliphatic carbocycles. The summed E-state index contributed by atoms with van der Waals surface area (Å²) in [5.74, 6) is 0.154. The van der Waals surface area contributed by atoms with Crippen molar-refractivity contribution in [2.75, 3.05) is 63.9 Å². The van der Waals surface area contributed by atoms with Crippen LogP contribution in [0.3, 0.4) is 0 Å². The number of anilines is 1. The van der Waals surface area contributed by atoms with Crippen molar-refractivity contribution in [3.63, 3.8) is 0 Å². The van der Waals surface area contributed by atoms with E-state index in [1.54, 1.807) is 4.90 Å². The van der Waals surface area contributed by atoms with Crippen LogP contribution in [0.4, 0.5) is 19.1 Å². The predicted octanol–water partition coefficient (Wildman–Crippen LogP) is 1.26. The van der Waals surface area contributed by atoms with Crippen molar-refractivity contribution in [3.05, 3.63) is 18.0 Å².